The van der Waals surface area contributed by atoms with E-state index in [1.54, 1.807) is 0 Å². The predicted molar refractivity (Wildman–Crippen MR) is 69.6 cm³/mol. The summed E-state index contributed by atoms with van der Waals surface area (Å²) in [5.74, 6) is -1.65. The van der Waals surface area contributed by atoms with Crippen LogP contribution in [0.3, 0.4) is 0 Å². The number of allylic oxidation sites excluding steroid dienone is 1. The number of non-ortho nitro benzene ring substituents is 1. The molecule has 0 heterocycles. The Morgan fingerprint density at radius 2 is 1.82 bits per heavy atom. The fourth-order valence-corrected chi connectivity index (χ4v) is 1.42. The summed E-state index contributed by atoms with van der Waals surface area (Å²) in [6, 6.07) is 4.12. The minimum atomic E-state index is -1.65. The smallest absolute Gasteiger partial charge is 0.338 e. The van der Waals surface area contributed by atoms with Crippen LogP contribution in [0.4, 0.5) is 17.1 Å². The predicted octanol–water partition coefficient (Wildman–Crippen LogP) is 1.54. The molecule has 0 spiro atoms. The van der Waals surface area contributed by atoms with E-state index < -0.39 is 44.0 Å². The van der Waals surface area contributed by atoms with Crippen LogP contribution in [0.5, 0.6) is 0 Å². The fraction of sp³-hybridized carbons (Fsp3) is 0. The summed E-state index contributed by atoms with van der Waals surface area (Å²) in [5.41, 5.74) is -3.44. The molecule has 0 amide bonds. The number of rotatable bonds is 5. The molecule has 0 radical (unpaired) electrons. The number of aromatic carboxylic acids is 1. The van der Waals surface area contributed by atoms with Gasteiger partial charge in [0.1, 0.15) is 23.4 Å². The minimum Gasteiger partial charge on any atom is -0.478 e. The Kier molecular flexibility index (Phi) is 4.71. The van der Waals surface area contributed by atoms with Crippen LogP contribution in [0, 0.1) is 42.9 Å². The normalized spacial score (nSPS) is 9.00. The lowest BCUT2D eigenvalue weighted by Crippen LogP contribution is -2.07. The van der Waals surface area contributed by atoms with Gasteiger partial charge in [-0.05, 0) is 0 Å². The second-order valence-corrected chi connectivity index (χ2v) is 3.63. The first-order chi connectivity index (χ1) is 10.3. The van der Waals surface area contributed by atoms with Crippen LogP contribution >= 0.6 is 0 Å². The zero-order chi connectivity index (χ0) is 16.9. The molecule has 0 bridgehead atoms. The van der Waals surface area contributed by atoms with Gasteiger partial charge in [-0.25, -0.2) is 4.79 Å². The number of carboxylic acids is 1. The number of carboxylic acid groups (broad SMARTS) is 1. The average molecular weight is 303 g/mol. The maximum Gasteiger partial charge on any atom is 0.338 e. The summed E-state index contributed by atoms with van der Waals surface area (Å²) in [7, 11) is 0. The highest BCUT2D eigenvalue weighted by atomic mass is 16.6. The zero-order valence-electron chi connectivity index (χ0n) is 10.5. The van der Waals surface area contributed by atoms with Crippen LogP contribution in [-0.4, -0.2) is 20.9 Å². The zero-order valence-corrected chi connectivity index (χ0v) is 10.5. The molecule has 22 heavy (non-hydrogen) atoms. The van der Waals surface area contributed by atoms with Crippen LogP contribution in [0.25, 0.3) is 0 Å². The first-order valence-electron chi connectivity index (χ1n) is 5.28. The van der Waals surface area contributed by atoms with Gasteiger partial charge in [0.25, 0.3) is 11.4 Å². The van der Waals surface area contributed by atoms with E-state index in [1.807, 2.05) is 0 Å². The van der Waals surface area contributed by atoms with Gasteiger partial charge in [0.2, 0.25) is 0 Å². The third-order valence-corrected chi connectivity index (χ3v) is 2.34. The minimum absolute atomic E-state index is 0.469. The lowest BCUT2D eigenvalue weighted by molar-refractivity contribution is -0.393. The molecular formula is C11H5N5O6. The van der Waals surface area contributed by atoms with Gasteiger partial charge in [-0.15, -0.1) is 0 Å². The SMILES string of the molecule is N#CC(C#N)=CNc1c(C(=O)O)cc([N+](=O)[O-])cc1[N+](=O)[O-]. The van der Waals surface area contributed by atoms with E-state index in [0.717, 1.165) is 6.20 Å². The van der Waals surface area contributed by atoms with Crippen molar-refractivity contribution in [2.24, 2.45) is 0 Å². The molecule has 0 aliphatic heterocycles. The van der Waals surface area contributed by atoms with Crippen molar-refractivity contribution in [1.82, 2.24) is 0 Å². The van der Waals surface area contributed by atoms with Gasteiger partial charge in [0.05, 0.1) is 21.5 Å². The first kappa shape index (κ1) is 16.1. The maximum atomic E-state index is 11.1. The van der Waals surface area contributed by atoms with E-state index in [4.69, 9.17) is 15.6 Å². The molecular weight excluding hydrogens is 298 g/mol. The molecule has 0 atom stereocenters. The number of benzene rings is 1. The van der Waals surface area contributed by atoms with E-state index in [1.165, 1.54) is 12.1 Å². The monoisotopic (exact) mass is 303 g/mol. The van der Waals surface area contributed by atoms with Gasteiger partial charge in [-0.2, -0.15) is 10.5 Å². The quantitative estimate of drug-likeness (QED) is 0.462. The van der Waals surface area contributed by atoms with Gasteiger partial charge >= 0.3 is 5.97 Å². The molecule has 11 nitrogen and oxygen atoms in total. The molecule has 0 fully saturated rings. The van der Waals surface area contributed by atoms with E-state index in [2.05, 4.69) is 5.32 Å². The Morgan fingerprint density at radius 1 is 1.23 bits per heavy atom. The Bertz CT molecular complexity index is 734. The Hall–Kier alpha value is -3.99. The van der Waals surface area contributed by atoms with Gasteiger partial charge < -0.3 is 10.4 Å². The average Bonchev–Trinajstić information content (AvgIpc) is 2.47. The lowest BCUT2D eigenvalue weighted by atomic mass is 10.1. The second-order valence-electron chi connectivity index (χ2n) is 3.63. The number of nitrogens with one attached hydrogen (secondary N) is 1. The standard InChI is InChI=1S/C11H5N5O6/c12-3-6(4-13)5-14-10-8(11(17)18)1-7(15(19)20)2-9(10)16(21)22/h1-2,5,14H,(H,17,18). The first-order valence-corrected chi connectivity index (χ1v) is 5.28. The van der Waals surface area contributed by atoms with Gasteiger partial charge in [0, 0.05) is 12.3 Å². The van der Waals surface area contributed by atoms with Crippen LogP contribution in [0.15, 0.2) is 23.9 Å². The summed E-state index contributed by atoms with van der Waals surface area (Å²) < 4.78 is 0. The van der Waals surface area contributed by atoms with E-state index in [9.17, 15) is 25.0 Å². The van der Waals surface area contributed by atoms with Crippen molar-refractivity contribution in [3.8, 4) is 12.1 Å². The summed E-state index contributed by atoms with van der Waals surface area (Å²) >= 11 is 0. The number of carbonyl (C=O) groups is 1. The highest BCUT2D eigenvalue weighted by Crippen LogP contribution is 2.33. The molecule has 2 N–H and O–H groups in total. The molecule has 0 unspecified atom stereocenters. The third kappa shape index (κ3) is 3.31. The topological polar surface area (TPSA) is 183 Å². The molecule has 0 saturated heterocycles. The number of anilines is 1. The van der Waals surface area contributed by atoms with Crippen LogP contribution in [-0.2, 0) is 0 Å². The number of hydrogen-bond acceptors (Lipinski definition) is 8. The summed E-state index contributed by atoms with van der Waals surface area (Å²) in [6.07, 6.45) is 0.764. The van der Waals surface area contributed by atoms with Crippen molar-refractivity contribution in [3.63, 3.8) is 0 Å². The summed E-state index contributed by atoms with van der Waals surface area (Å²) in [5, 5.41) is 49.9. The molecule has 1 aromatic carbocycles. The molecule has 1 rings (SSSR count). The van der Waals surface area contributed by atoms with Crippen LogP contribution in [0.1, 0.15) is 10.4 Å². The Morgan fingerprint density at radius 3 is 2.23 bits per heavy atom. The van der Waals surface area contributed by atoms with Crippen molar-refractivity contribution in [2.75, 3.05) is 5.32 Å². The molecule has 0 saturated carbocycles. The van der Waals surface area contributed by atoms with Crippen molar-refractivity contribution in [2.45, 2.75) is 0 Å². The molecule has 110 valence electrons. The molecule has 11 heteroatoms. The molecule has 0 aromatic heterocycles. The van der Waals surface area contributed by atoms with Gasteiger partial charge in [-0.3, -0.25) is 20.2 Å². The van der Waals surface area contributed by atoms with Crippen molar-refractivity contribution >= 4 is 23.0 Å². The summed E-state index contributed by atoms with van der Waals surface area (Å²) in [6.45, 7) is 0. The molecule has 0 aliphatic carbocycles. The Balaban J connectivity index is 3.60. The van der Waals surface area contributed by atoms with E-state index in [0.29, 0.717) is 12.1 Å². The van der Waals surface area contributed by atoms with Crippen molar-refractivity contribution in [1.29, 1.82) is 10.5 Å². The highest BCUT2D eigenvalue weighted by molar-refractivity contribution is 5.98. The van der Waals surface area contributed by atoms with Gasteiger partial charge in [0.15, 0.2) is 0 Å². The van der Waals surface area contributed by atoms with Crippen LogP contribution in [0.2, 0.25) is 0 Å². The second kappa shape index (κ2) is 6.44. The van der Waals surface area contributed by atoms with E-state index in [-0.39, 0.29) is 0 Å². The van der Waals surface area contributed by atoms with E-state index >= 15 is 0 Å². The molecule has 0 aliphatic rings. The Labute approximate surface area is 121 Å². The lowest BCUT2D eigenvalue weighted by Gasteiger charge is -2.06. The fourth-order valence-electron chi connectivity index (χ4n) is 1.42. The third-order valence-electron chi connectivity index (χ3n) is 2.34. The molecule has 1 aromatic rings. The van der Waals surface area contributed by atoms with Crippen LogP contribution < -0.4 is 5.32 Å². The number of nitro benzene ring substituents is 2. The number of hydrogen-bond donors (Lipinski definition) is 2. The van der Waals surface area contributed by atoms with Gasteiger partial charge in [-0.1, -0.05) is 0 Å². The maximum absolute atomic E-state index is 11.1. The highest BCUT2D eigenvalue weighted by Gasteiger charge is 2.27. The summed E-state index contributed by atoms with van der Waals surface area (Å²) in [4.78, 5) is 30.8. The largest absolute Gasteiger partial charge is 0.478 e. The van der Waals surface area contributed by atoms with Crippen molar-refractivity contribution in [3.05, 3.63) is 49.7 Å². The van der Waals surface area contributed by atoms with Crippen molar-refractivity contribution < 1.29 is 19.7 Å². The number of nitriles is 2. The number of nitrogens with zero attached hydrogens (tertiary/aromatic N) is 4. The number of nitro groups is 2.